The molecule has 2 saturated heterocycles. The molecule has 0 spiro atoms. The highest BCUT2D eigenvalue weighted by Gasteiger charge is 2.33. The number of amides is 1. The van der Waals surface area contributed by atoms with Crippen molar-refractivity contribution in [1.29, 1.82) is 0 Å². The van der Waals surface area contributed by atoms with Crippen molar-refractivity contribution in [2.75, 3.05) is 40.0 Å². The fraction of sp³-hybridized carbons (Fsp3) is 0.714. The third-order valence-electron chi connectivity index (χ3n) is 4.02. The van der Waals surface area contributed by atoms with Gasteiger partial charge >= 0.3 is 0 Å². The first-order valence-electron chi connectivity index (χ1n) is 7.35. The van der Waals surface area contributed by atoms with Gasteiger partial charge in [-0.2, -0.15) is 0 Å². The minimum atomic E-state index is -0.0834. The van der Waals surface area contributed by atoms with E-state index < -0.39 is 0 Å². The maximum absolute atomic E-state index is 12.0. The Kier molecular flexibility index (Phi) is 4.52. The maximum atomic E-state index is 12.0. The summed E-state index contributed by atoms with van der Waals surface area (Å²) in [6.07, 6.45) is 3.79. The van der Waals surface area contributed by atoms with Crippen molar-refractivity contribution in [3.8, 4) is 0 Å². The first-order chi connectivity index (χ1) is 10.3. The second kappa shape index (κ2) is 6.55. The molecule has 0 saturated carbocycles. The molecule has 0 unspecified atom stereocenters. The Morgan fingerprint density at radius 3 is 3.24 bits per heavy atom. The van der Waals surface area contributed by atoms with Gasteiger partial charge in [-0.3, -0.25) is 9.69 Å². The summed E-state index contributed by atoms with van der Waals surface area (Å²) >= 11 is 0. The number of carbonyl (C=O) groups is 1. The van der Waals surface area contributed by atoms with Crippen LogP contribution in [0.4, 0.5) is 0 Å². The zero-order valence-electron chi connectivity index (χ0n) is 12.3. The predicted octanol–water partition coefficient (Wildman–Crippen LogP) is -0.524. The molecule has 0 radical (unpaired) electrons. The molecule has 21 heavy (non-hydrogen) atoms. The fourth-order valence-electron chi connectivity index (χ4n) is 2.93. The van der Waals surface area contributed by atoms with E-state index in [2.05, 4.69) is 19.8 Å². The molecule has 2 fully saturated rings. The highest BCUT2D eigenvalue weighted by atomic mass is 16.5. The topological polar surface area (TPSA) is 68.6 Å². The first-order valence-corrected chi connectivity index (χ1v) is 7.35. The molecular formula is C14H22N4O3. The van der Waals surface area contributed by atoms with Gasteiger partial charge < -0.3 is 19.4 Å². The quantitative estimate of drug-likeness (QED) is 0.791. The molecule has 3 heterocycles. The summed E-state index contributed by atoms with van der Waals surface area (Å²) in [7, 11) is 1.70. The number of carbonyl (C=O) groups excluding carboxylic acids is 1. The van der Waals surface area contributed by atoms with Crippen LogP contribution in [0, 0.1) is 5.92 Å². The molecule has 1 amide bonds. The van der Waals surface area contributed by atoms with E-state index >= 15 is 0 Å². The number of rotatable bonds is 5. The number of nitrogens with one attached hydrogen (secondary N) is 1. The van der Waals surface area contributed by atoms with Crippen LogP contribution in [0.25, 0.3) is 0 Å². The molecule has 2 aliphatic heterocycles. The van der Waals surface area contributed by atoms with Crippen LogP contribution in [0.5, 0.6) is 0 Å². The smallest absolute Gasteiger partial charge is 0.227 e. The number of ether oxygens (including phenoxy) is 2. The molecule has 1 N–H and O–H groups in total. The van der Waals surface area contributed by atoms with Crippen LogP contribution in [-0.2, 0) is 27.4 Å². The third kappa shape index (κ3) is 3.42. The number of nitrogens with zero attached hydrogens (tertiary/aromatic N) is 3. The molecule has 0 aromatic carbocycles. The summed E-state index contributed by atoms with van der Waals surface area (Å²) < 4.78 is 12.8. The number of fused-ring (bicyclic) bond motifs is 3. The first kappa shape index (κ1) is 14.5. The Hall–Kier alpha value is -1.44. The summed E-state index contributed by atoms with van der Waals surface area (Å²) in [5, 5.41) is 3.05. The van der Waals surface area contributed by atoms with Gasteiger partial charge in [0, 0.05) is 39.1 Å². The molecule has 3 rings (SSSR count). The van der Waals surface area contributed by atoms with Gasteiger partial charge in [-0.15, -0.1) is 0 Å². The summed E-state index contributed by atoms with van der Waals surface area (Å²) in [6, 6.07) is 0.0763. The predicted molar refractivity (Wildman–Crippen MR) is 75.6 cm³/mol. The van der Waals surface area contributed by atoms with Crippen LogP contribution < -0.4 is 5.32 Å². The molecule has 1 aromatic rings. The van der Waals surface area contributed by atoms with Gasteiger partial charge in [0.1, 0.15) is 5.82 Å². The minimum Gasteiger partial charge on any atom is -0.383 e. The van der Waals surface area contributed by atoms with Crippen molar-refractivity contribution in [2.45, 2.75) is 19.1 Å². The van der Waals surface area contributed by atoms with E-state index in [1.54, 1.807) is 7.11 Å². The van der Waals surface area contributed by atoms with Crippen molar-refractivity contribution < 1.29 is 14.3 Å². The van der Waals surface area contributed by atoms with Crippen molar-refractivity contribution in [3.05, 3.63) is 18.2 Å². The van der Waals surface area contributed by atoms with E-state index in [1.807, 2.05) is 12.4 Å². The van der Waals surface area contributed by atoms with Crippen molar-refractivity contribution in [2.24, 2.45) is 5.92 Å². The average molecular weight is 294 g/mol. The molecule has 2 bridgehead atoms. The highest BCUT2D eigenvalue weighted by Crippen LogP contribution is 2.15. The standard InChI is InChI=1S/C14H22N4O3/c1-20-5-4-18-3-2-15-13(18)8-17-6-11-9-21-10-12(7-17)16-14(11)19/h2-3,11-12H,4-10H2,1H3,(H,16,19)/t11-,12+/m1/s1. The van der Waals surface area contributed by atoms with Crippen LogP contribution >= 0.6 is 0 Å². The SMILES string of the molecule is COCCn1ccnc1CN1C[C@H]2COC[C@@H](C1)C(=O)N2. The lowest BCUT2D eigenvalue weighted by Crippen LogP contribution is -2.42. The van der Waals surface area contributed by atoms with E-state index in [0.717, 1.165) is 32.0 Å². The van der Waals surface area contributed by atoms with Gasteiger partial charge in [0.25, 0.3) is 0 Å². The molecule has 0 aliphatic carbocycles. The van der Waals surface area contributed by atoms with Gasteiger partial charge in [-0.05, 0) is 0 Å². The second-order valence-electron chi connectivity index (χ2n) is 5.66. The Labute approximate surface area is 124 Å². The lowest BCUT2D eigenvalue weighted by Gasteiger charge is -2.27. The van der Waals surface area contributed by atoms with Crippen LogP contribution in [0.15, 0.2) is 12.4 Å². The van der Waals surface area contributed by atoms with Crippen LogP contribution in [0.1, 0.15) is 5.82 Å². The summed E-state index contributed by atoms with van der Waals surface area (Å²) in [4.78, 5) is 18.7. The molecule has 7 nitrogen and oxygen atoms in total. The van der Waals surface area contributed by atoms with E-state index in [1.165, 1.54) is 0 Å². The normalized spacial score (nSPS) is 26.4. The lowest BCUT2D eigenvalue weighted by atomic mass is 10.1. The fourth-order valence-corrected chi connectivity index (χ4v) is 2.93. The van der Waals surface area contributed by atoms with Crippen molar-refractivity contribution >= 4 is 5.91 Å². The zero-order chi connectivity index (χ0) is 14.7. The average Bonchev–Trinajstić information content (AvgIpc) is 2.73. The van der Waals surface area contributed by atoms with Gasteiger partial charge in [-0.25, -0.2) is 4.98 Å². The van der Waals surface area contributed by atoms with Gasteiger partial charge in [0.15, 0.2) is 0 Å². The number of imidazole rings is 1. The summed E-state index contributed by atoms with van der Waals surface area (Å²) in [6.45, 7) is 4.85. The summed E-state index contributed by atoms with van der Waals surface area (Å²) in [5.74, 6) is 1.04. The summed E-state index contributed by atoms with van der Waals surface area (Å²) in [5.41, 5.74) is 0. The van der Waals surface area contributed by atoms with Crippen LogP contribution in [-0.4, -0.2) is 66.4 Å². The Morgan fingerprint density at radius 1 is 1.48 bits per heavy atom. The Morgan fingerprint density at radius 2 is 2.38 bits per heavy atom. The zero-order valence-corrected chi connectivity index (χ0v) is 12.3. The second-order valence-corrected chi connectivity index (χ2v) is 5.66. The monoisotopic (exact) mass is 294 g/mol. The van der Waals surface area contributed by atoms with E-state index in [9.17, 15) is 4.79 Å². The number of hydrogen-bond acceptors (Lipinski definition) is 5. The molecule has 116 valence electrons. The van der Waals surface area contributed by atoms with Crippen LogP contribution in [0.3, 0.4) is 0 Å². The molecule has 1 aromatic heterocycles. The van der Waals surface area contributed by atoms with Crippen molar-refractivity contribution in [3.63, 3.8) is 0 Å². The third-order valence-corrected chi connectivity index (χ3v) is 4.02. The van der Waals surface area contributed by atoms with Crippen LogP contribution in [0.2, 0.25) is 0 Å². The van der Waals surface area contributed by atoms with Crippen molar-refractivity contribution in [1.82, 2.24) is 19.8 Å². The van der Waals surface area contributed by atoms with Gasteiger partial charge in [0.05, 0.1) is 38.3 Å². The van der Waals surface area contributed by atoms with E-state index in [0.29, 0.717) is 19.8 Å². The maximum Gasteiger partial charge on any atom is 0.227 e. The van der Waals surface area contributed by atoms with E-state index in [-0.39, 0.29) is 17.9 Å². The number of aromatic nitrogens is 2. The van der Waals surface area contributed by atoms with Gasteiger partial charge in [-0.1, -0.05) is 0 Å². The Bertz CT molecular complexity index is 490. The minimum absolute atomic E-state index is 0.0763. The number of methoxy groups -OCH3 is 1. The number of hydrogen-bond donors (Lipinski definition) is 1. The molecule has 2 atom stereocenters. The molecule has 7 heteroatoms. The Balaban J connectivity index is 1.67. The van der Waals surface area contributed by atoms with E-state index in [4.69, 9.17) is 9.47 Å². The lowest BCUT2D eigenvalue weighted by molar-refractivity contribution is -0.125. The highest BCUT2D eigenvalue weighted by molar-refractivity contribution is 5.79. The molecular weight excluding hydrogens is 272 g/mol. The largest absolute Gasteiger partial charge is 0.383 e. The molecule has 2 aliphatic rings. The van der Waals surface area contributed by atoms with Gasteiger partial charge in [0.2, 0.25) is 5.91 Å².